The maximum atomic E-state index is 12.5. The van der Waals surface area contributed by atoms with Gasteiger partial charge in [0.2, 0.25) is 0 Å². The molecule has 2 aromatic carbocycles. The summed E-state index contributed by atoms with van der Waals surface area (Å²) in [4.78, 5) is 36.5. The third kappa shape index (κ3) is 5.49. The van der Waals surface area contributed by atoms with Crippen LogP contribution in [0.2, 0.25) is 0 Å². The zero-order valence-electron chi connectivity index (χ0n) is 17.5. The normalized spacial score (nSPS) is 14.8. The van der Waals surface area contributed by atoms with Gasteiger partial charge in [-0.05, 0) is 82.5 Å². The molecule has 1 aliphatic heterocycles. The van der Waals surface area contributed by atoms with E-state index in [-0.39, 0.29) is 23.4 Å². The minimum atomic E-state index is -0.454. The third-order valence-corrected chi connectivity index (χ3v) is 5.98. The molecule has 2 amide bonds. The molecule has 10 heteroatoms. The molecular formula is C22H21BrN2O6S. The predicted octanol–water partition coefficient (Wildman–Crippen LogP) is 5.78. The number of nitro groups is 1. The number of rotatable bonds is 9. The van der Waals surface area contributed by atoms with Crippen LogP contribution in [-0.4, -0.2) is 34.1 Å². The Morgan fingerprint density at radius 1 is 1.16 bits per heavy atom. The standard InChI is InChI=1S/C22H21BrN2O6S/c1-3-9-24-21(26)19(32-22(24)27)12-15-10-17(23)20(18(11-15)30-4-2)31-13-14-5-7-16(8-6-14)25(28)29/h5-8,10-12H,3-4,9,13H2,1-2H3/b19-12+. The van der Waals surface area contributed by atoms with Crippen LogP contribution in [0.5, 0.6) is 11.5 Å². The molecule has 0 atom stereocenters. The Kier molecular flexibility index (Phi) is 7.92. The topological polar surface area (TPSA) is 99.0 Å². The molecule has 1 saturated heterocycles. The van der Waals surface area contributed by atoms with E-state index in [0.29, 0.717) is 46.0 Å². The average Bonchev–Trinajstić information content (AvgIpc) is 3.01. The van der Waals surface area contributed by atoms with E-state index in [1.54, 1.807) is 30.3 Å². The van der Waals surface area contributed by atoms with Gasteiger partial charge in [0.25, 0.3) is 16.8 Å². The van der Waals surface area contributed by atoms with Crippen molar-refractivity contribution in [1.82, 2.24) is 4.90 Å². The van der Waals surface area contributed by atoms with Gasteiger partial charge in [-0.25, -0.2) is 0 Å². The first-order valence-electron chi connectivity index (χ1n) is 9.91. The molecule has 0 radical (unpaired) electrons. The number of hydrogen-bond acceptors (Lipinski definition) is 7. The predicted molar refractivity (Wildman–Crippen MR) is 126 cm³/mol. The van der Waals surface area contributed by atoms with E-state index in [9.17, 15) is 19.7 Å². The van der Waals surface area contributed by atoms with Crippen molar-refractivity contribution < 1.29 is 24.0 Å². The van der Waals surface area contributed by atoms with Gasteiger partial charge in [0.1, 0.15) is 6.61 Å². The van der Waals surface area contributed by atoms with Crippen LogP contribution < -0.4 is 9.47 Å². The largest absolute Gasteiger partial charge is 0.490 e. The van der Waals surface area contributed by atoms with Gasteiger partial charge < -0.3 is 9.47 Å². The van der Waals surface area contributed by atoms with Crippen LogP contribution in [0.1, 0.15) is 31.4 Å². The summed E-state index contributed by atoms with van der Waals surface area (Å²) in [5, 5.41) is 10.5. The summed E-state index contributed by atoms with van der Waals surface area (Å²) < 4.78 is 12.3. The number of imide groups is 1. The van der Waals surface area contributed by atoms with Crippen molar-refractivity contribution in [1.29, 1.82) is 0 Å². The highest BCUT2D eigenvalue weighted by Gasteiger charge is 2.34. The Balaban J connectivity index is 1.82. The summed E-state index contributed by atoms with van der Waals surface area (Å²) in [5.74, 6) is 0.652. The number of halogens is 1. The van der Waals surface area contributed by atoms with Gasteiger partial charge in [0.15, 0.2) is 11.5 Å². The van der Waals surface area contributed by atoms with Crippen LogP contribution in [0.25, 0.3) is 6.08 Å². The molecule has 3 rings (SSSR count). The lowest BCUT2D eigenvalue weighted by atomic mass is 10.1. The minimum Gasteiger partial charge on any atom is -0.490 e. The molecule has 1 aliphatic rings. The van der Waals surface area contributed by atoms with Gasteiger partial charge in [-0.2, -0.15) is 0 Å². The van der Waals surface area contributed by atoms with Gasteiger partial charge in [-0.3, -0.25) is 24.6 Å². The lowest BCUT2D eigenvalue weighted by Crippen LogP contribution is -2.28. The summed E-state index contributed by atoms with van der Waals surface area (Å²) in [6, 6.07) is 9.63. The van der Waals surface area contributed by atoms with E-state index >= 15 is 0 Å². The van der Waals surface area contributed by atoms with Crippen molar-refractivity contribution in [3.8, 4) is 11.5 Å². The van der Waals surface area contributed by atoms with E-state index in [4.69, 9.17) is 9.47 Å². The number of ether oxygens (including phenoxy) is 2. The number of nitro benzene ring substituents is 1. The second kappa shape index (κ2) is 10.6. The molecule has 32 heavy (non-hydrogen) atoms. The number of amides is 2. The van der Waals surface area contributed by atoms with Crippen LogP contribution >= 0.6 is 27.7 Å². The fourth-order valence-corrected chi connectivity index (χ4v) is 4.45. The zero-order valence-corrected chi connectivity index (χ0v) is 19.9. The highest BCUT2D eigenvalue weighted by molar-refractivity contribution is 9.10. The van der Waals surface area contributed by atoms with Crippen LogP contribution in [0.15, 0.2) is 45.8 Å². The smallest absolute Gasteiger partial charge is 0.293 e. The Bertz CT molecular complexity index is 1070. The van der Waals surface area contributed by atoms with Crippen molar-refractivity contribution in [3.63, 3.8) is 0 Å². The maximum absolute atomic E-state index is 12.5. The number of non-ortho nitro benzene ring substituents is 1. The number of hydrogen-bond donors (Lipinski definition) is 0. The van der Waals surface area contributed by atoms with Gasteiger partial charge >= 0.3 is 0 Å². The van der Waals surface area contributed by atoms with Crippen LogP contribution in [0.4, 0.5) is 10.5 Å². The average molecular weight is 521 g/mol. The lowest BCUT2D eigenvalue weighted by Gasteiger charge is -2.15. The SMILES string of the molecule is CCCN1C(=O)S/C(=C/c2cc(Br)c(OCc3ccc([N+](=O)[O-])cc3)c(OCC)c2)C1=O. The van der Waals surface area contributed by atoms with Crippen molar-refractivity contribution in [2.75, 3.05) is 13.2 Å². The molecule has 0 aliphatic carbocycles. The number of benzene rings is 2. The van der Waals surface area contributed by atoms with E-state index < -0.39 is 4.92 Å². The van der Waals surface area contributed by atoms with Gasteiger partial charge in [-0.15, -0.1) is 0 Å². The van der Waals surface area contributed by atoms with Gasteiger partial charge in [-0.1, -0.05) is 6.92 Å². The first-order chi connectivity index (χ1) is 15.3. The first-order valence-corrected chi connectivity index (χ1v) is 11.5. The minimum absolute atomic E-state index is 0.0117. The van der Waals surface area contributed by atoms with E-state index in [1.807, 2.05) is 13.8 Å². The first kappa shape index (κ1) is 23.8. The maximum Gasteiger partial charge on any atom is 0.293 e. The molecule has 8 nitrogen and oxygen atoms in total. The highest BCUT2D eigenvalue weighted by Crippen LogP contribution is 2.39. The Morgan fingerprint density at radius 2 is 1.88 bits per heavy atom. The summed E-state index contributed by atoms with van der Waals surface area (Å²) in [6.07, 6.45) is 2.36. The molecule has 0 spiro atoms. The summed E-state index contributed by atoms with van der Waals surface area (Å²) in [6.45, 7) is 4.73. The molecule has 0 unspecified atom stereocenters. The molecular weight excluding hydrogens is 500 g/mol. The van der Waals surface area contributed by atoms with Crippen molar-refractivity contribution in [2.45, 2.75) is 26.9 Å². The molecule has 0 saturated carbocycles. The number of thioether (sulfide) groups is 1. The van der Waals surface area contributed by atoms with Gasteiger partial charge in [0, 0.05) is 18.7 Å². The van der Waals surface area contributed by atoms with Crippen LogP contribution in [-0.2, 0) is 11.4 Å². The second-order valence-corrected chi connectivity index (χ2v) is 8.66. The Labute approximate surface area is 197 Å². The highest BCUT2D eigenvalue weighted by atomic mass is 79.9. The fourth-order valence-electron chi connectivity index (χ4n) is 3.01. The van der Waals surface area contributed by atoms with Gasteiger partial charge in [0.05, 0.1) is 20.9 Å². The number of nitrogens with zero attached hydrogens (tertiary/aromatic N) is 2. The van der Waals surface area contributed by atoms with Crippen molar-refractivity contribution in [2.24, 2.45) is 0 Å². The summed E-state index contributed by atoms with van der Waals surface area (Å²) >= 11 is 4.41. The molecule has 168 valence electrons. The molecule has 0 bridgehead atoms. The number of carbonyl (C=O) groups excluding carboxylic acids is 2. The quantitative estimate of drug-likeness (QED) is 0.234. The second-order valence-electron chi connectivity index (χ2n) is 6.81. The van der Waals surface area contributed by atoms with Crippen molar-refractivity contribution in [3.05, 3.63) is 67.0 Å². The molecule has 1 heterocycles. The van der Waals surface area contributed by atoms with Crippen molar-refractivity contribution >= 4 is 50.6 Å². The number of carbonyl (C=O) groups is 2. The summed E-state index contributed by atoms with van der Waals surface area (Å²) in [5.41, 5.74) is 1.46. The molecule has 1 fully saturated rings. The third-order valence-electron chi connectivity index (χ3n) is 4.48. The van der Waals surface area contributed by atoms with E-state index in [2.05, 4.69) is 15.9 Å². The van der Waals surface area contributed by atoms with E-state index in [1.165, 1.54) is 17.0 Å². The van der Waals surface area contributed by atoms with Crippen LogP contribution in [0, 0.1) is 10.1 Å². The zero-order chi connectivity index (χ0) is 23.3. The fraction of sp³-hybridized carbons (Fsp3) is 0.273. The Morgan fingerprint density at radius 3 is 2.50 bits per heavy atom. The summed E-state index contributed by atoms with van der Waals surface area (Å²) in [7, 11) is 0. The van der Waals surface area contributed by atoms with Crippen LogP contribution in [0.3, 0.4) is 0 Å². The molecule has 2 aromatic rings. The molecule has 0 aromatic heterocycles. The molecule has 0 N–H and O–H groups in total. The monoisotopic (exact) mass is 520 g/mol. The van der Waals surface area contributed by atoms with E-state index in [0.717, 1.165) is 17.3 Å². The Hall–Kier alpha value is -2.85. The lowest BCUT2D eigenvalue weighted by molar-refractivity contribution is -0.384.